The van der Waals surface area contributed by atoms with E-state index in [1.807, 2.05) is 18.2 Å². The third kappa shape index (κ3) is 5.83. The van der Waals surface area contributed by atoms with Gasteiger partial charge in [-0.15, -0.1) is 23.1 Å². The second kappa shape index (κ2) is 8.98. The Morgan fingerprint density at radius 2 is 1.95 bits per heavy atom. The maximum absolute atomic E-state index is 11.9. The first kappa shape index (κ1) is 17.1. The van der Waals surface area contributed by atoms with Crippen LogP contribution in [-0.4, -0.2) is 30.7 Å². The molecule has 0 fully saturated rings. The third-order valence-corrected chi connectivity index (χ3v) is 5.18. The molecule has 118 valence electrons. The van der Waals surface area contributed by atoms with E-state index in [0.717, 1.165) is 12.3 Å². The molecular formula is C17H22N2OS2. The number of nitrogens with one attached hydrogen (secondary N) is 1. The van der Waals surface area contributed by atoms with Gasteiger partial charge in [0.1, 0.15) is 0 Å². The van der Waals surface area contributed by atoms with Crippen molar-refractivity contribution in [2.45, 2.75) is 18.8 Å². The van der Waals surface area contributed by atoms with Crippen LogP contribution in [0.25, 0.3) is 0 Å². The minimum absolute atomic E-state index is 0.0983. The molecule has 0 saturated heterocycles. The number of hydrogen-bond acceptors (Lipinski definition) is 4. The van der Waals surface area contributed by atoms with Gasteiger partial charge in [-0.2, -0.15) is 0 Å². The number of benzene rings is 1. The van der Waals surface area contributed by atoms with Crippen molar-refractivity contribution in [1.29, 1.82) is 0 Å². The molecule has 1 amide bonds. The molecule has 1 aromatic carbocycles. The van der Waals surface area contributed by atoms with E-state index in [-0.39, 0.29) is 5.91 Å². The van der Waals surface area contributed by atoms with Gasteiger partial charge in [0.05, 0.1) is 5.75 Å². The molecule has 0 unspecified atom stereocenters. The summed E-state index contributed by atoms with van der Waals surface area (Å²) in [5, 5.41) is 5.08. The lowest BCUT2D eigenvalue weighted by Gasteiger charge is -2.14. The number of thiophene rings is 1. The average Bonchev–Trinajstić information content (AvgIpc) is 2.99. The van der Waals surface area contributed by atoms with Gasteiger partial charge < -0.3 is 10.2 Å². The Bertz CT molecular complexity index is 582. The quantitative estimate of drug-likeness (QED) is 0.803. The van der Waals surface area contributed by atoms with Crippen LogP contribution in [0.4, 0.5) is 0 Å². The van der Waals surface area contributed by atoms with Crippen LogP contribution < -0.4 is 5.32 Å². The van der Waals surface area contributed by atoms with Gasteiger partial charge in [-0.25, -0.2) is 0 Å². The lowest BCUT2D eigenvalue weighted by atomic mass is 10.1. The molecular weight excluding hydrogens is 312 g/mol. The van der Waals surface area contributed by atoms with Crippen molar-refractivity contribution in [2.24, 2.45) is 0 Å². The summed E-state index contributed by atoms with van der Waals surface area (Å²) in [5.74, 6) is 1.51. The molecule has 0 aliphatic carbocycles. The molecule has 1 heterocycles. The SMILES string of the molecule is CN(C)Cc1ccccc1CNC(=O)CSCc1cccs1. The van der Waals surface area contributed by atoms with Gasteiger partial charge >= 0.3 is 0 Å². The van der Waals surface area contributed by atoms with Crippen LogP contribution in [0.3, 0.4) is 0 Å². The van der Waals surface area contributed by atoms with Gasteiger partial charge in [-0.05, 0) is 36.7 Å². The highest BCUT2D eigenvalue weighted by Gasteiger charge is 2.06. The number of carbonyl (C=O) groups is 1. The van der Waals surface area contributed by atoms with Crippen molar-refractivity contribution in [1.82, 2.24) is 10.2 Å². The van der Waals surface area contributed by atoms with Crippen molar-refractivity contribution in [3.05, 3.63) is 57.8 Å². The first-order chi connectivity index (χ1) is 10.6. The van der Waals surface area contributed by atoms with E-state index in [4.69, 9.17) is 0 Å². The Kier molecular flexibility index (Phi) is 6.96. The standard InChI is InChI=1S/C17H22N2OS2/c1-19(2)11-15-7-4-3-6-14(15)10-18-17(20)13-21-12-16-8-5-9-22-16/h3-9H,10-13H2,1-2H3,(H,18,20). The number of nitrogens with zero attached hydrogens (tertiary/aromatic N) is 1. The van der Waals surface area contributed by atoms with Crippen molar-refractivity contribution in [3.63, 3.8) is 0 Å². The van der Waals surface area contributed by atoms with Crippen LogP contribution in [0, 0.1) is 0 Å². The van der Waals surface area contributed by atoms with Crippen molar-refractivity contribution < 1.29 is 4.79 Å². The molecule has 0 aliphatic rings. The van der Waals surface area contributed by atoms with E-state index in [1.54, 1.807) is 23.1 Å². The van der Waals surface area contributed by atoms with Gasteiger partial charge in [0, 0.05) is 23.7 Å². The second-order valence-corrected chi connectivity index (χ2v) is 7.37. The van der Waals surface area contributed by atoms with Gasteiger partial charge in [0.2, 0.25) is 5.91 Å². The zero-order valence-corrected chi connectivity index (χ0v) is 14.7. The molecule has 0 aliphatic heterocycles. The number of carbonyl (C=O) groups excluding carboxylic acids is 1. The topological polar surface area (TPSA) is 32.3 Å². The Morgan fingerprint density at radius 1 is 1.18 bits per heavy atom. The highest BCUT2D eigenvalue weighted by atomic mass is 32.2. The highest BCUT2D eigenvalue weighted by Crippen LogP contribution is 2.17. The van der Waals surface area contributed by atoms with E-state index >= 15 is 0 Å². The number of amides is 1. The van der Waals surface area contributed by atoms with E-state index in [1.165, 1.54) is 16.0 Å². The van der Waals surface area contributed by atoms with Crippen LogP contribution in [0.1, 0.15) is 16.0 Å². The summed E-state index contributed by atoms with van der Waals surface area (Å²) in [7, 11) is 4.10. The first-order valence-corrected chi connectivity index (χ1v) is 9.27. The van der Waals surface area contributed by atoms with Gasteiger partial charge in [-0.1, -0.05) is 30.3 Å². The highest BCUT2D eigenvalue weighted by molar-refractivity contribution is 7.99. The molecule has 1 N–H and O–H groups in total. The summed E-state index contributed by atoms with van der Waals surface area (Å²) in [5.41, 5.74) is 2.45. The fraction of sp³-hybridized carbons (Fsp3) is 0.353. The first-order valence-electron chi connectivity index (χ1n) is 7.23. The minimum Gasteiger partial charge on any atom is -0.351 e. The lowest BCUT2D eigenvalue weighted by molar-refractivity contribution is -0.118. The third-order valence-electron chi connectivity index (χ3n) is 3.14. The van der Waals surface area contributed by atoms with Crippen LogP contribution in [0.15, 0.2) is 41.8 Å². The smallest absolute Gasteiger partial charge is 0.230 e. The summed E-state index contributed by atoms with van der Waals surface area (Å²) in [6, 6.07) is 12.4. The van der Waals surface area contributed by atoms with Crippen molar-refractivity contribution in [2.75, 3.05) is 19.8 Å². The molecule has 0 radical (unpaired) electrons. The van der Waals surface area contributed by atoms with Crippen molar-refractivity contribution in [3.8, 4) is 0 Å². The Morgan fingerprint density at radius 3 is 2.64 bits per heavy atom. The summed E-state index contributed by atoms with van der Waals surface area (Å²) >= 11 is 3.39. The molecule has 1 aromatic heterocycles. The number of thioether (sulfide) groups is 1. The lowest BCUT2D eigenvalue weighted by Crippen LogP contribution is -2.25. The molecule has 3 nitrogen and oxygen atoms in total. The Balaban J connectivity index is 1.76. The van der Waals surface area contributed by atoms with Crippen molar-refractivity contribution >= 4 is 29.0 Å². The van der Waals surface area contributed by atoms with Crippen LogP contribution in [0.2, 0.25) is 0 Å². The molecule has 0 saturated carbocycles. The number of hydrogen-bond donors (Lipinski definition) is 1. The molecule has 5 heteroatoms. The predicted octanol–water partition coefficient (Wildman–Crippen LogP) is 3.36. The maximum Gasteiger partial charge on any atom is 0.230 e. The largest absolute Gasteiger partial charge is 0.351 e. The molecule has 0 bridgehead atoms. The molecule has 2 aromatic rings. The summed E-state index contributed by atoms with van der Waals surface area (Å²) in [6.07, 6.45) is 0. The predicted molar refractivity (Wildman–Crippen MR) is 96.2 cm³/mol. The zero-order chi connectivity index (χ0) is 15.8. The van der Waals surface area contributed by atoms with Gasteiger partial charge in [0.15, 0.2) is 0 Å². The normalized spacial score (nSPS) is 10.9. The average molecular weight is 335 g/mol. The van der Waals surface area contributed by atoms with E-state index in [2.05, 4.69) is 47.9 Å². The molecule has 2 rings (SSSR count). The fourth-order valence-electron chi connectivity index (χ4n) is 2.11. The maximum atomic E-state index is 11.9. The Hall–Kier alpha value is -1.30. The van der Waals surface area contributed by atoms with Crippen LogP contribution in [-0.2, 0) is 23.6 Å². The molecule has 0 atom stereocenters. The Labute approximate surface area is 140 Å². The van der Waals surface area contributed by atoms with E-state index in [9.17, 15) is 4.79 Å². The number of rotatable bonds is 8. The summed E-state index contributed by atoms with van der Waals surface area (Å²) in [6.45, 7) is 1.49. The van der Waals surface area contributed by atoms with Crippen LogP contribution in [0.5, 0.6) is 0 Å². The second-order valence-electron chi connectivity index (χ2n) is 5.36. The summed E-state index contributed by atoms with van der Waals surface area (Å²) < 4.78 is 0. The molecule has 22 heavy (non-hydrogen) atoms. The monoisotopic (exact) mass is 334 g/mol. The molecule has 0 spiro atoms. The fourth-order valence-corrected chi connectivity index (χ4v) is 3.81. The van der Waals surface area contributed by atoms with E-state index < -0.39 is 0 Å². The minimum atomic E-state index is 0.0983. The van der Waals surface area contributed by atoms with Gasteiger partial charge in [0.25, 0.3) is 0 Å². The summed E-state index contributed by atoms with van der Waals surface area (Å²) in [4.78, 5) is 15.4. The van der Waals surface area contributed by atoms with Gasteiger partial charge in [-0.3, -0.25) is 4.79 Å². The van der Waals surface area contributed by atoms with Crippen LogP contribution >= 0.6 is 23.1 Å². The zero-order valence-electron chi connectivity index (χ0n) is 13.0. The van der Waals surface area contributed by atoms with E-state index in [0.29, 0.717) is 12.3 Å².